The molecule has 0 spiro atoms. The Morgan fingerprint density at radius 1 is 1.50 bits per heavy atom. The molecule has 0 saturated heterocycles. The van der Waals surface area contributed by atoms with Crippen molar-refractivity contribution in [3.8, 4) is 0 Å². The first-order valence-corrected chi connectivity index (χ1v) is 8.31. The second kappa shape index (κ2) is 6.54. The van der Waals surface area contributed by atoms with Crippen molar-refractivity contribution in [2.45, 2.75) is 51.2 Å². The summed E-state index contributed by atoms with van der Waals surface area (Å²) in [5.74, 6) is 0. The first-order chi connectivity index (χ1) is 8.40. The maximum atomic E-state index is 11.5. The van der Waals surface area contributed by atoms with Gasteiger partial charge in [0.15, 0.2) is 0 Å². The smallest absolute Gasteiger partial charge is 0.264 e. The molecule has 0 amide bonds. The summed E-state index contributed by atoms with van der Waals surface area (Å²) < 4.78 is 29.9. The third kappa shape index (κ3) is 3.96. The molecule has 0 aliphatic carbocycles. The van der Waals surface area contributed by atoms with Gasteiger partial charge in [0.2, 0.25) is 0 Å². The number of halogens is 1. The Morgan fingerprint density at radius 2 is 2.17 bits per heavy atom. The van der Waals surface area contributed by atoms with Gasteiger partial charge in [-0.2, -0.15) is 5.10 Å². The van der Waals surface area contributed by atoms with Crippen molar-refractivity contribution < 1.29 is 13.2 Å². The molecule has 0 fully saturated rings. The van der Waals surface area contributed by atoms with Gasteiger partial charge in [-0.15, -0.1) is 0 Å². The van der Waals surface area contributed by atoms with Gasteiger partial charge in [0.1, 0.15) is 10.6 Å². The highest BCUT2D eigenvalue weighted by molar-refractivity contribution is 8.13. The lowest BCUT2D eigenvalue weighted by Crippen LogP contribution is -2.05. The summed E-state index contributed by atoms with van der Waals surface area (Å²) in [5, 5.41) is 4.25. The van der Waals surface area contributed by atoms with E-state index in [1.807, 2.05) is 20.8 Å². The molecule has 1 aromatic rings. The molecule has 1 rings (SSSR count). The Kier molecular flexibility index (Phi) is 5.62. The van der Waals surface area contributed by atoms with Gasteiger partial charge in [-0.1, -0.05) is 13.8 Å². The molecule has 0 aromatic carbocycles. The maximum absolute atomic E-state index is 11.5. The fraction of sp³-hybridized carbons (Fsp3) is 0.727. The van der Waals surface area contributed by atoms with Crippen molar-refractivity contribution >= 4 is 19.7 Å². The highest BCUT2D eigenvalue weighted by Gasteiger charge is 2.21. The Hall–Kier alpha value is -0.590. The van der Waals surface area contributed by atoms with Crippen molar-refractivity contribution in [3.05, 3.63) is 11.9 Å². The van der Waals surface area contributed by atoms with E-state index in [1.165, 1.54) is 6.20 Å². The molecule has 0 radical (unpaired) electrons. The van der Waals surface area contributed by atoms with E-state index in [4.69, 9.17) is 15.4 Å². The number of aromatic nitrogens is 2. The van der Waals surface area contributed by atoms with E-state index in [2.05, 4.69) is 5.10 Å². The van der Waals surface area contributed by atoms with E-state index < -0.39 is 9.05 Å². The average Bonchev–Trinajstić information content (AvgIpc) is 2.72. The van der Waals surface area contributed by atoms with Gasteiger partial charge in [0, 0.05) is 29.5 Å². The summed E-state index contributed by atoms with van der Waals surface area (Å²) in [5.41, 5.74) is 0.374. The van der Waals surface area contributed by atoms with E-state index in [1.54, 1.807) is 4.68 Å². The van der Waals surface area contributed by atoms with Crippen molar-refractivity contribution in [1.82, 2.24) is 9.78 Å². The molecular formula is C11H19ClN2O3S. The Bertz CT molecular complexity index is 484. The van der Waals surface area contributed by atoms with Crippen LogP contribution < -0.4 is 0 Å². The summed E-state index contributed by atoms with van der Waals surface area (Å²) in [4.78, 5) is 0.0422. The highest BCUT2D eigenvalue weighted by atomic mass is 35.7. The predicted molar refractivity (Wildman–Crippen MR) is 70.2 cm³/mol. The zero-order chi connectivity index (χ0) is 13.8. The number of nitrogens with zero attached hydrogens (tertiary/aromatic N) is 2. The van der Waals surface area contributed by atoms with Gasteiger partial charge >= 0.3 is 0 Å². The first kappa shape index (κ1) is 15.5. The van der Waals surface area contributed by atoms with Crippen LogP contribution in [0.4, 0.5) is 0 Å². The molecule has 104 valence electrons. The normalized spacial score (nSPS) is 13.8. The van der Waals surface area contributed by atoms with Crippen molar-refractivity contribution in [2.24, 2.45) is 0 Å². The SMILES string of the molecule is CCCOCc1nn([C@@H](C)CC)cc1S(=O)(=O)Cl. The number of hydrogen-bond acceptors (Lipinski definition) is 4. The standard InChI is InChI=1S/C11H19ClN2O3S/c1-4-6-17-8-10-11(18(12,15)16)7-14(13-10)9(3)5-2/h7,9H,4-6,8H2,1-3H3/t9-/m0/s1. The molecule has 7 heteroatoms. The zero-order valence-corrected chi connectivity index (χ0v) is 12.5. The molecule has 1 heterocycles. The van der Waals surface area contributed by atoms with Crippen LogP contribution in [0.25, 0.3) is 0 Å². The van der Waals surface area contributed by atoms with Crippen molar-refractivity contribution in [1.29, 1.82) is 0 Å². The zero-order valence-electron chi connectivity index (χ0n) is 10.9. The Labute approximate surface area is 113 Å². The topological polar surface area (TPSA) is 61.2 Å². The minimum atomic E-state index is -3.78. The summed E-state index contributed by atoms with van der Waals surface area (Å²) >= 11 is 0. The molecule has 0 bridgehead atoms. The van der Waals surface area contributed by atoms with Crippen LogP contribution in [0.3, 0.4) is 0 Å². The molecule has 0 saturated carbocycles. The minimum absolute atomic E-state index is 0.0422. The van der Waals surface area contributed by atoms with Crippen LogP contribution in [0.1, 0.15) is 45.3 Å². The van der Waals surface area contributed by atoms with E-state index in [9.17, 15) is 8.42 Å². The first-order valence-electron chi connectivity index (χ1n) is 6.00. The van der Waals surface area contributed by atoms with Crippen LogP contribution in [0.5, 0.6) is 0 Å². The van der Waals surface area contributed by atoms with Gasteiger partial charge in [0.25, 0.3) is 9.05 Å². The second-order valence-corrected chi connectivity index (χ2v) is 6.70. The minimum Gasteiger partial charge on any atom is -0.375 e. The van der Waals surface area contributed by atoms with Crippen LogP contribution in [0, 0.1) is 0 Å². The molecular weight excluding hydrogens is 276 g/mol. The lowest BCUT2D eigenvalue weighted by molar-refractivity contribution is 0.116. The summed E-state index contributed by atoms with van der Waals surface area (Å²) in [7, 11) is 1.62. The molecule has 0 aliphatic heterocycles. The van der Waals surface area contributed by atoms with Crippen LogP contribution >= 0.6 is 10.7 Å². The molecule has 5 nitrogen and oxygen atoms in total. The molecule has 0 unspecified atom stereocenters. The van der Waals surface area contributed by atoms with Crippen LogP contribution in [-0.2, 0) is 20.4 Å². The van der Waals surface area contributed by atoms with Gasteiger partial charge in [-0.25, -0.2) is 8.42 Å². The largest absolute Gasteiger partial charge is 0.375 e. The van der Waals surface area contributed by atoms with Gasteiger partial charge in [-0.3, -0.25) is 4.68 Å². The lowest BCUT2D eigenvalue weighted by atomic mass is 10.3. The summed E-state index contributed by atoms with van der Waals surface area (Å²) in [6.45, 7) is 6.69. The average molecular weight is 295 g/mol. The lowest BCUT2D eigenvalue weighted by Gasteiger charge is -2.07. The van der Waals surface area contributed by atoms with Crippen molar-refractivity contribution in [2.75, 3.05) is 6.61 Å². The van der Waals surface area contributed by atoms with Crippen molar-refractivity contribution in [3.63, 3.8) is 0 Å². The highest BCUT2D eigenvalue weighted by Crippen LogP contribution is 2.22. The molecule has 18 heavy (non-hydrogen) atoms. The van der Waals surface area contributed by atoms with E-state index in [0.29, 0.717) is 12.3 Å². The molecule has 0 N–H and O–H groups in total. The van der Waals surface area contributed by atoms with Gasteiger partial charge in [-0.05, 0) is 19.8 Å². The molecule has 1 aromatic heterocycles. The fourth-order valence-electron chi connectivity index (χ4n) is 1.44. The number of hydrogen-bond donors (Lipinski definition) is 0. The Morgan fingerprint density at radius 3 is 2.67 bits per heavy atom. The van der Waals surface area contributed by atoms with Gasteiger partial charge in [0.05, 0.1) is 6.61 Å². The fourth-order valence-corrected chi connectivity index (χ4v) is 2.44. The predicted octanol–water partition coefficient (Wildman–Crippen LogP) is 2.71. The van der Waals surface area contributed by atoms with Crippen LogP contribution in [-0.4, -0.2) is 24.8 Å². The van der Waals surface area contributed by atoms with Crippen LogP contribution in [0.15, 0.2) is 11.1 Å². The van der Waals surface area contributed by atoms with Gasteiger partial charge < -0.3 is 4.74 Å². The summed E-state index contributed by atoms with van der Waals surface area (Å²) in [6, 6.07) is 0.127. The van der Waals surface area contributed by atoms with E-state index in [0.717, 1.165) is 12.8 Å². The molecule has 0 aliphatic rings. The molecule has 1 atom stereocenters. The number of ether oxygens (including phenoxy) is 1. The van der Waals surface area contributed by atoms with Crippen LogP contribution in [0.2, 0.25) is 0 Å². The third-order valence-electron chi connectivity index (χ3n) is 2.66. The summed E-state index contributed by atoms with van der Waals surface area (Å²) in [6.07, 6.45) is 3.20. The maximum Gasteiger partial charge on any atom is 0.264 e. The second-order valence-electron chi connectivity index (χ2n) is 4.17. The third-order valence-corrected chi connectivity index (χ3v) is 4.03. The Balaban J connectivity index is 3.02. The van der Waals surface area contributed by atoms with E-state index >= 15 is 0 Å². The number of rotatable bonds is 7. The van der Waals surface area contributed by atoms with E-state index in [-0.39, 0.29) is 17.5 Å². The monoisotopic (exact) mass is 294 g/mol. The quantitative estimate of drug-likeness (QED) is 0.573.